The molecule has 7 nitrogen and oxygen atoms in total. The fourth-order valence-corrected chi connectivity index (χ4v) is 3.04. The van der Waals surface area contributed by atoms with Crippen molar-refractivity contribution in [3.63, 3.8) is 0 Å². The summed E-state index contributed by atoms with van der Waals surface area (Å²) >= 11 is 6.28. The first kappa shape index (κ1) is 20.1. The Hall–Kier alpha value is -2.64. The van der Waals surface area contributed by atoms with Crippen LogP contribution in [-0.4, -0.2) is 54.0 Å². The topological polar surface area (TPSA) is 83.6 Å². The van der Waals surface area contributed by atoms with Gasteiger partial charge in [0.2, 0.25) is 5.91 Å². The number of hydrogen-bond acceptors (Lipinski definition) is 5. The molecule has 1 unspecified atom stereocenters. The van der Waals surface area contributed by atoms with Crippen LogP contribution in [0, 0.1) is 0 Å². The average molecular weight is 403 g/mol. The number of aromatic nitrogens is 1. The van der Waals surface area contributed by atoms with E-state index < -0.39 is 6.04 Å². The molecule has 1 aromatic carbocycles. The average Bonchev–Trinajstić information content (AvgIpc) is 2.74. The van der Waals surface area contributed by atoms with Crippen molar-refractivity contribution in [3.05, 3.63) is 58.7 Å². The number of pyridine rings is 1. The van der Waals surface area contributed by atoms with Crippen molar-refractivity contribution in [1.29, 1.82) is 0 Å². The standard InChI is InChI=1S/C20H23ClN4O3/c1-14(19(26)23-12-15-5-3-2-4-6-15)24-18-17(21)11-16(13-22-18)20(27)25-7-9-28-10-8-25/h2-6,11,13-14H,7-10,12H2,1H3,(H,22,24)(H,23,26). The monoisotopic (exact) mass is 402 g/mol. The van der Waals surface area contributed by atoms with Crippen LogP contribution in [0.15, 0.2) is 42.6 Å². The Morgan fingerprint density at radius 3 is 2.64 bits per heavy atom. The quantitative estimate of drug-likeness (QED) is 0.774. The van der Waals surface area contributed by atoms with Crippen LogP contribution < -0.4 is 10.6 Å². The zero-order valence-electron chi connectivity index (χ0n) is 15.7. The predicted octanol–water partition coefficient (Wildman–Crippen LogP) is 2.32. The summed E-state index contributed by atoms with van der Waals surface area (Å²) in [5.74, 6) is 0.0654. The number of anilines is 1. The van der Waals surface area contributed by atoms with E-state index in [-0.39, 0.29) is 11.8 Å². The number of amides is 2. The van der Waals surface area contributed by atoms with Gasteiger partial charge in [0.25, 0.3) is 5.91 Å². The van der Waals surface area contributed by atoms with Crippen molar-refractivity contribution in [2.75, 3.05) is 31.6 Å². The lowest BCUT2D eigenvalue weighted by atomic mass is 10.2. The van der Waals surface area contributed by atoms with E-state index in [4.69, 9.17) is 16.3 Å². The molecule has 1 aliphatic rings. The molecule has 1 aromatic heterocycles. The Morgan fingerprint density at radius 2 is 1.96 bits per heavy atom. The lowest BCUT2D eigenvalue weighted by molar-refractivity contribution is -0.121. The molecule has 0 saturated carbocycles. The molecule has 0 bridgehead atoms. The van der Waals surface area contributed by atoms with Gasteiger partial charge in [0.15, 0.2) is 0 Å². The molecular formula is C20H23ClN4O3. The highest BCUT2D eigenvalue weighted by atomic mass is 35.5. The molecule has 8 heteroatoms. The number of nitrogens with zero attached hydrogens (tertiary/aromatic N) is 2. The second-order valence-electron chi connectivity index (χ2n) is 6.53. The van der Waals surface area contributed by atoms with Crippen molar-refractivity contribution in [3.8, 4) is 0 Å². The highest BCUT2D eigenvalue weighted by Gasteiger charge is 2.21. The summed E-state index contributed by atoms with van der Waals surface area (Å²) in [5.41, 5.74) is 1.43. The van der Waals surface area contributed by atoms with Crippen molar-refractivity contribution >= 4 is 29.2 Å². The SMILES string of the molecule is CC(Nc1ncc(C(=O)N2CCOCC2)cc1Cl)C(=O)NCc1ccccc1. The number of rotatable bonds is 6. The number of hydrogen-bond donors (Lipinski definition) is 2. The number of morpholine rings is 1. The molecule has 2 amide bonds. The Balaban J connectivity index is 1.57. The number of ether oxygens (including phenoxy) is 1. The van der Waals surface area contributed by atoms with Crippen LogP contribution in [0.5, 0.6) is 0 Å². The normalized spacial score (nSPS) is 15.0. The molecule has 1 aliphatic heterocycles. The smallest absolute Gasteiger partial charge is 0.255 e. The number of halogens is 1. The summed E-state index contributed by atoms with van der Waals surface area (Å²) in [4.78, 5) is 30.7. The minimum atomic E-state index is -0.533. The van der Waals surface area contributed by atoms with Gasteiger partial charge in [0.1, 0.15) is 11.9 Å². The van der Waals surface area contributed by atoms with Crippen LogP contribution in [0.1, 0.15) is 22.8 Å². The number of carbonyl (C=O) groups is 2. The summed E-state index contributed by atoms with van der Waals surface area (Å²) in [6.45, 7) is 4.33. The molecule has 1 atom stereocenters. The second kappa shape index (κ2) is 9.52. The van der Waals surface area contributed by atoms with Crippen LogP contribution in [0.3, 0.4) is 0 Å². The zero-order valence-corrected chi connectivity index (χ0v) is 16.4. The third-order valence-electron chi connectivity index (χ3n) is 4.44. The van der Waals surface area contributed by atoms with E-state index >= 15 is 0 Å². The van der Waals surface area contributed by atoms with Gasteiger partial charge < -0.3 is 20.3 Å². The third kappa shape index (κ3) is 5.21. The molecule has 2 aromatic rings. The molecule has 148 valence electrons. The first-order valence-electron chi connectivity index (χ1n) is 9.15. The van der Waals surface area contributed by atoms with Crippen LogP contribution in [0.2, 0.25) is 5.02 Å². The minimum Gasteiger partial charge on any atom is -0.378 e. The largest absolute Gasteiger partial charge is 0.378 e. The molecule has 3 rings (SSSR count). The molecule has 1 fully saturated rings. The predicted molar refractivity (Wildman–Crippen MR) is 107 cm³/mol. The van der Waals surface area contributed by atoms with E-state index in [1.54, 1.807) is 17.9 Å². The van der Waals surface area contributed by atoms with E-state index in [2.05, 4.69) is 15.6 Å². The molecule has 0 aliphatic carbocycles. The van der Waals surface area contributed by atoms with Crippen LogP contribution in [0.25, 0.3) is 0 Å². The lowest BCUT2D eigenvalue weighted by Gasteiger charge is -2.26. The van der Waals surface area contributed by atoms with Gasteiger partial charge in [-0.15, -0.1) is 0 Å². The summed E-state index contributed by atoms with van der Waals surface area (Å²) in [6.07, 6.45) is 1.47. The Kier molecular flexibility index (Phi) is 6.84. The van der Waals surface area contributed by atoms with Crippen LogP contribution in [-0.2, 0) is 16.1 Å². The Morgan fingerprint density at radius 1 is 1.25 bits per heavy atom. The highest BCUT2D eigenvalue weighted by molar-refractivity contribution is 6.33. The molecule has 28 heavy (non-hydrogen) atoms. The van der Waals surface area contributed by atoms with E-state index in [1.807, 2.05) is 30.3 Å². The summed E-state index contributed by atoms with van der Waals surface area (Å²) in [6, 6.07) is 10.7. The van der Waals surface area contributed by atoms with Gasteiger partial charge >= 0.3 is 0 Å². The minimum absolute atomic E-state index is 0.127. The lowest BCUT2D eigenvalue weighted by Crippen LogP contribution is -2.40. The fraction of sp³-hybridized carbons (Fsp3) is 0.350. The maximum atomic E-state index is 12.5. The first-order chi connectivity index (χ1) is 13.5. The van der Waals surface area contributed by atoms with Crippen LogP contribution >= 0.6 is 11.6 Å². The molecule has 0 spiro atoms. The van der Waals surface area contributed by atoms with Crippen LogP contribution in [0.4, 0.5) is 5.82 Å². The summed E-state index contributed by atoms with van der Waals surface area (Å²) in [7, 11) is 0. The van der Waals surface area contributed by atoms with Crippen molar-refractivity contribution < 1.29 is 14.3 Å². The van der Waals surface area contributed by atoms with Gasteiger partial charge in [-0.25, -0.2) is 4.98 Å². The van der Waals surface area contributed by atoms with Gasteiger partial charge in [-0.05, 0) is 18.6 Å². The highest BCUT2D eigenvalue weighted by Crippen LogP contribution is 2.22. The molecule has 2 N–H and O–H groups in total. The molecular weight excluding hydrogens is 380 g/mol. The third-order valence-corrected chi connectivity index (χ3v) is 4.73. The van der Waals surface area contributed by atoms with Gasteiger partial charge in [0, 0.05) is 25.8 Å². The van der Waals surface area contributed by atoms with Crippen molar-refractivity contribution in [1.82, 2.24) is 15.2 Å². The first-order valence-corrected chi connectivity index (χ1v) is 9.53. The Labute approximate surface area is 169 Å². The van der Waals surface area contributed by atoms with Gasteiger partial charge in [-0.2, -0.15) is 0 Å². The van der Waals surface area contributed by atoms with Gasteiger partial charge in [-0.3, -0.25) is 9.59 Å². The molecule has 2 heterocycles. The van der Waals surface area contributed by atoms with Gasteiger partial charge in [-0.1, -0.05) is 41.9 Å². The Bertz CT molecular complexity index is 825. The van der Waals surface area contributed by atoms with E-state index in [1.165, 1.54) is 6.20 Å². The van der Waals surface area contributed by atoms with E-state index in [0.717, 1.165) is 5.56 Å². The number of benzene rings is 1. The fourth-order valence-electron chi connectivity index (χ4n) is 2.82. The van der Waals surface area contributed by atoms with Crippen molar-refractivity contribution in [2.45, 2.75) is 19.5 Å². The second-order valence-corrected chi connectivity index (χ2v) is 6.94. The van der Waals surface area contributed by atoms with E-state index in [9.17, 15) is 9.59 Å². The van der Waals surface area contributed by atoms with E-state index in [0.29, 0.717) is 49.3 Å². The maximum absolute atomic E-state index is 12.5. The molecule has 0 radical (unpaired) electrons. The van der Waals surface area contributed by atoms with Crippen molar-refractivity contribution in [2.24, 2.45) is 0 Å². The zero-order chi connectivity index (χ0) is 19.9. The number of carbonyl (C=O) groups excluding carboxylic acids is 2. The van der Waals surface area contributed by atoms with Gasteiger partial charge in [0.05, 0.1) is 23.8 Å². The maximum Gasteiger partial charge on any atom is 0.255 e. The summed E-state index contributed by atoms with van der Waals surface area (Å²) in [5, 5.41) is 6.15. The number of nitrogens with one attached hydrogen (secondary N) is 2. The summed E-state index contributed by atoms with van der Waals surface area (Å²) < 4.78 is 5.26. The molecule has 1 saturated heterocycles.